The van der Waals surface area contributed by atoms with E-state index in [0.717, 1.165) is 11.3 Å². The molecule has 0 bridgehead atoms. The van der Waals surface area contributed by atoms with Gasteiger partial charge in [0.2, 0.25) is 0 Å². The topological polar surface area (TPSA) is 74.7 Å². The number of carbonyl (C=O) groups excluding carboxylic acids is 3. The van der Waals surface area contributed by atoms with Crippen LogP contribution in [0.2, 0.25) is 0 Å². The van der Waals surface area contributed by atoms with Crippen molar-refractivity contribution in [1.29, 1.82) is 0 Å². The molecule has 1 atom stereocenters. The first-order valence-corrected chi connectivity index (χ1v) is 10.6. The average molecular weight is 412 g/mol. The minimum atomic E-state index is -0.925. The molecule has 1 aromatic carbocycles. The highest BCUT2D eigenvalue weighted by molar-refractivity contribution is 6.09. The molecule has 1 N–H and O–H groups in total. The maximum atomic E-state index is 13.1. The van der Waals surface area contributed by atoms with Crippen LogP contribution in [0.5, 0.6) is 0 Å². The van der Waals surface area contributed by atoms with Crippen LogP contribution in [0, 0.1) is 16.7 Å². The summed E-state index contributed by atoms with van der Waals surface area (Å²) in [6.07, 6.45) is 1.24. The van der Waals surface area contributed by atoms with Gasteiger partial charge in [-0.3, -0.25) is 14.4 Å². The number of aliphatic hydroxyl groups excluding tert-OH is 1. The summed E-state index contributed by atoms with van der Waals surface area (Å²) in [4.78, 5) is 41.4. The summed E-state index contributed by atoms with van der Waals surface area (Å²) in [6.45, 7) is 7.73. The Morgan fingerprint density at radius 3 is 1.83 bits per heavy atom. The van der Waals surface area contributed by atoms with Gasteiger partial charge in [0.1, 0.15) is 17.3 Å². The molecule has 162 valence electrons. The number of nitrogens with zero attached hydrogens (tertiary/aromatic N) is 1. The van der Waals surface area contributed by atoms with E-state index in [-0.39, 0.29) is 39.5 Å². The monoisotopic (exact) mass is 411 g/mol. The van der Waals surface area contributed by atoms with Crippen molar-refractivity contribution < 1.29 is 19.5 Å². The van der Waals surface area contributed by atoms with Crippen LogP contribution < -0.4 is 4.90 Å². The molecule has 5 nitrogen and oxygen atoms in total. The lowest BCUT2D eigenvalue weighted by molar-refractivity contribution is -0.140. The van der Waals surface area contributed by atoms with Gasteiger partial charge in [0, 0.05) is 57.0 Å². The standard InChI is InChI=1S/C25H33NO4/c1-24(2)11-17(27)22(18(28)12-24)21(15-7-9-16(10-8-15)26(5)6)23-19(29)13-25(3,4)14-20(23)30/h7-10,21-22,29H,11-14H2,1-6H3/t21-/m1/s1. The fraction of sp³-hybridized carbons (Fsp3) is 0.560. The van der Waals surface area contributed by atoms with E-state index in [2.05, 4.69) is 0 Å². The predicted octanol–water partition coefficient (Wildman–Crippen LogP) is 4.61. The summed E-state index contributed by atoms with van der Waals surface area (Å²) in [5.74, 6) is -2.10. The van der Waals surface area contributed by atoms with Crippen LogP contribution in [0.15, 0.2) is 35.6 Å². The molecular formula is C25H33NO4. The third-order valence-electron chi connectivity index (χ3n) is 6.31. The summed E-state index contributed by atoms with van der Waals surface area (Å²) in [5, 5.41) is 10.9. The molecule has 0 heterocycles. The third-order valence-corrected chi connectivity index (χ3v) is 6.31. The Bertz CT molecular complexity index is 886. The fourth-order valence-electron chi connectivity index (χ4n) is 4.94. The van der Waals surface area contributed by atoms with E-state index in [1.807, 2.05) is 71.0 Å². The van der Waals surface area contributed by atoms with Crippen molar-refractivity contribution in [3.05, 3.63) is 41.2 Å². The van der Waals surface area contributed by atoms with Crippen molar-refractivity contribution in [3.63, 3.8) is 0 Å². The molecule has 3 rings (SSSR count). The zero-order chi connectivity index (χ0) is 22.4. The lowest BCUT2D eigenvalue weighted by Crippen LogP contribution is -2.43. The van der Waals surface area contributed by atoms with Gasteiger partial charge in [0.25, 0.3) is 0 Å². The summed E-state index contributed by atoms with van der Waals surface area (Å²) in [6, 6.07) is 7.57. The molecule has 1 aromatic rings. The van der Waals surface area contributed by atoms with Crippen LogP contribution in [-0.4, -0.2) is 36.6 Å². The molecule has 0 radical (unpaired) electrons. The Balaban J connectivity index is 2.14. The van der Waals surface area contributed by atoms with Crippen molar-refractivity contribution >= 4 is 23.0 Å². The van der Waals surface area contributed by atoms with Crippen molar-refractivity contribution in [3.8, 4) is 0 Å². The van der Waals surface area contributed by atoms with E-state index in [0.29, 0.717) is 25.7 Å². The van der Waals surface area contributed by atoms with Gasteiger partial charge in [-0.15, -0.1) is 0 Å². The quantitative estimate of drug-likeness (QED) is 0.732. The van der Waals surface area contributed by atoms with E-state index < -0.39 is 11.8 Å². The molecule has 1 fully saturated rings. The normalized spacial score (nSPS) is 22.9. The highest BCUT2D eigenvalue weighted by atomic mass is 16.3. The minimum absolute atomic E-state index is 0.0170. The van der Waals surface area contributed by atoms with Crippen LogP contribution in [0.25, 0.3) is 0 Å². The van der Waals surface area contributed by atoms with Crippen LogP contribution in [-0.2, 0) is 14.4 Å². The summed E-state index contributed by atoms with van der Waals surface area (Å²) in [5.41, 5.74) is 1.24. The number of ketones is 3. The highest BCUT2D eigenvalue weighted by Crippen LogP contribution is 2.47. The van der Waals surface area contributed by atoms with Gasteiger partial charge >= 0.3 is 0 Å². The molecule has 0 aromatic heterocycles. The second-order valence-electron chi connectivity index (χ2n) is 10.7. The Kier molecular flexibility index (Phi) is 5.70. The van der Waals surface area contributed by atoms with Crippen molar-refractivity contribution in [2.45, 2.75) is 59.3 Å². The highest BCUT2D eigenvalue weighted by Gasteiger charge is 2.48. The second kappa shape index (κ2) is 7.68. The molecular weight excluding hydrogens is 378 g/mol. The molecule has 2 aliphatic carbocycles. The van der Waals surface area contributed by atoms with Crippen molar-refractivity contribution in [2.24, 2.45) is 16.7 Å². The average Bonchev–Trinajstić information content (AvgIpc) is 2.57. The van der Waals surface area contributed by atoms with E-state index in [1.54, 1.807) is 0 Å². The van der Waals surface area contributed by atoms with E-state index in [4.69, 9.17) is 0 Å². The largest absolute Gasteiger partial charge is 0.512 e. The maximum Gasteiger partial charge on any atom is 0.163 e. The lowest BCUT2D eigenvalue weighted by Gasteiger charge is -2.39. The van der Waals surface area contributed by atoms with Crippen LogP contribution in [0.1, 0.15) is 64.9 Å². The lowest BCUT2D eigenvalue weighted by atomic mass is 9.62. The molecule has 0 saturated heterocycles. The maximum absolute atomic E-state index is 13.1. The number of hydrogen-bond acceptors (Lipinski definition) is 5. The zero-order valence-electron chi connectivity index (χ0n) is 18.9. The third kappa shape index (κ3) is 4.35. The van der Waals surface area contributed by atoms with Crippen molar-refractivity contribution in [1.82, 2.24) is 0 Å². The number of benzene rings is 1. The van der Waals surface area contributed by atoms with Crippen LogP contribution >= 0.6 is 0 Å². The molecule has 0 amide bonds. The molecule has 0 spiro atoms. The van der Waals surface area contributed by atoms with Gasteiger partial charge in [0.05, 0.1) is 5.92 Å². The number of rotatable bonds is 4. The predicted molar refractivity (Wildman–Crippen MR) is 118 cm³/mol. The zero-order valence-corrected chi connectivity index (χ0v) is 18.9. The summed E-state index contributed by atoms with van der Waals surface area (Å²) in [7, 11) is 3.87. The Morgan fingerprint density at radius 2 is 1.37 bits per heavy atom. The molecule has 0 aliphatic heterocycles. The summed E-state index contributed by atoms with van der Waals surface area (Å²) < 4.78 is 0. The molecule has 5 heteroatoms. The Hall–Kier alpha value is -2.43. The number of aliphatic hydroxyl groups is 1. The second-order valence-corrected chi connectivity index (χ2v) is 10.7. The van der Waals surface area contributed by atoms with Gasteiger partial charge in [0.15, 0.2) is 5.78 Å². The van der Waals surface area contributed by atoms with Crippen LogP contribution in [0.4, 0.5) is 5.69 Å². The van der Waals surface area contributed by atoms with E-state index in [1.165, 1.54) is 0 Å². The van der Waals surface area contributed by atoms with Crippen LogP contribution in [0.3, 0.4) is 0 Å². The van der Waals surface area contributed by atoms with Gasteiger partial charge in [-0.1, -0.05) is 39.8 Å². The first kappa shape index (κ1) is 22.3. The minimum Gasteiger partial charge on any atom is -0.512 e. The molecule has 0 unspecified atom stereocenters. The molecule has 2 aliphatic rings. The number of carbonyl (C=O) groups is 3. The number of Topliss-reactive ketones (excluding diaryl/α,β-unsaturated/α-hetero) is 3. The first-order chi connectivity index (χ1) is 13.8. The van der Waals surface area contributed by atoms with Gasteiger partial charge < -0.3 is 10.0 Å². The first-order valence-electron chi connectivity index (χ1n) is 10.6. The van der Waals surface area contributed by atoms with E-state index >= 15 is 0 Å². The molecule has 30 heavy (non-hydrogen) atoms. The van der Waals surface area contributed by atoms with Gasteiger partial charge in [-0.05, 0) is 28.5 Å². The van der Waals surface area contributed by atoms with Crippen molar-refractivity contribution in [2.75, 3.05) is 19.0 Å². The Labute approximate surface area is 179 Å². The Morgan fingerprint density at radius 1 is 0.867 bits per heavy atom. The number of hydrogen-bond donors (Lipinski definition) is 1. The number of anilines is 1. The van der Waals surface area contributed by atoms with Gasteiger partial charge in [-0.25, -0.2) is 0 Å². The number of allylic oxidation sites excluding steroid dienone is 2. The van der Waals surface area contributed by atoms with E-state index in [9.17, 15) is 19.5 Å². The molecule has 1 saturated carbocycles. The summed E-state index contributed by atoms with van der Waals surface area (Å²) >= 11 is 0. The SMILES string of the molecule is CN(C)c1ccc([C@@H](C2=C(O)CC(C)(C)CC2=O)C2C(=O)CC(C)(C)CC2=O)cc1. The van der Waals surface area contributed by atoms with Gasteiger partial charge in [-0.2, -0.15) is 0 Å². The smallest absolute Gasteiger partial charge is 0.163 e. The fourth-order valence-corrected chi connectivity index (χ4v) is 4.94.